The van der Waals surface area contributed by atoms with Crippen LogP contribution in [-0.2, 0) is 4.79 Å². The normalized spacial score (nSPS) is 18.4. The van der Waals surface area contributed by atoms with Gasteiger partial charge in [-0.3, -0.25) is 25.0 Å². The van der Waals surface area contributed by atoms with Crippen molar-refractivity contribution >= 4 is 30.0 Å². The van der Waals surface area contributed by atoms with Crippen molar-refractivity contribution in [3.63, 3.8) is 0 Å². The first kappa shape index (κ1) is 23.3. The lowest BCUT2D eigenvalue weighted by Crippen LogP contribution is -2.52. The van der Waals surface area contributed by atoms with Crippen LogP contribution in [0.25, 0.3) is 5.57 Å². The third-order valence-corrected chi connectivity index (χ3v) is 5.90. The van der Waals surface area contributed by atoms with Gasteiger partial charge in [-0.25, -0.2) is 18.6 Å². The van der Waals surface area contributed by atoms with E-state index in [9.17, 15) is 18.4 Å². The molecule has 0 atom stereocenters. The quantitative estimate of drug-likeness (QED) is 0.498. The minimum Gasteiger partial charge on any atom is -0.456 e. The second kappa shape index (κ2) is 8.81. The minimum atomic E-state index is -2.83. The van der Waals surface area contributed by atoms with Crippen LogP contribution in [0.2, 0.25) is 0 Å². The van der Waals surface area contributed by atoms with E-state index in [1.165, 1.54) is 12.3 Å². The number of hydrazone groups is 1. The predicted molar refractivity (Wildman–Crippen MR) is 121 cm³/mol. The van der Waals surface area contributed by atoms with E-state index in [2.05, 4.69) is 27.1 Å². The SMILES string of the molecule is C=NN(C)/C=C(\C)c1cc(Oc2ccc(NC(=O)N3CCC4(CC(F)(F)C4)C3=O)nc2)ccn1. The summed E-state index contributed by atoms with van der Waals surface area (Å²) in [7, 11) is 1.76. The van der Waals surface area contributed by atoms with Crippen LogP contribution in [0.3, 0.4) is 0 Å². The monoisotopic (exact) mass is 470 g/mol. The molecule has 0 radical (unpaired) electrons. The van der Waals surface area contributed by atoms with Crippen molar-refractivity contribution < 1.29 is 23.1 Å². The average molecular weight is 470 g/mol. The number of pyridine rings is 2. The molecule has 1 spiro atoms. The van der Waals surface area contributed by atoms with Gasteiger partial charge in [0, 0.05) is 51.6 Å². The summed E-state index contributed by atoms with van der Waals surface area (Å²) in [6.45, 7) is 5.45. The maximum Gasteiger partial charge on any atom is 0.329 e. The maximum atomic E-state index is 13.3. The first-order valence-electron chi connectivity index (χ1n) is 10.6. The van der Waals surface area contributed by atoms with E-state index in [0.29, 0.717) is 17.2 Å². The molecule has 0 aromatic carbocycles. The Balaban J connectivity index is 1.36. The number of amides is 3. The molecule has 1 aliphatic heterocycles. The van der Waals surface area contributed by atoms with Gasteiger partial charge in [-0.2, -0.15) is 5.10 Å². The van der Waals surface area contributed by atoms with Gasteiger partial charge in [0.2, 0.25) is 11.8 Å². The molecule has 2 aromatic heterocycles. The fraction of sp³-hybridized carbons (Fsp3) is 0.348. The highest BCUT2D eigenvalue weighted by Gasteiger charge is 2.64. The molecule has 11 heteroatoms. The zero-order valence-electron chi connectivity index (χ0n) is 18.8. The second-order valence-electron chi connectivity index (χ2n) is 8.51. The standard InChI is InChI=1S/C23H24F2N6O3/c1-15(12-30(3)26-2)18-10-16(6-8-27-18)34-17-4-5-19(28-11-17)29-21(33)31-9-7-22(20(31)32)13-23(24,25)14-22/h4-6,8,10-12H,2,7,9,13-14H2,1,3H3,(H,28,29,33)/b15-12+. The molecule has 1 aliphatic carbocycles. The summed E-state index contributed by atoms with van der Waals surface area (Å²) in [4.78, 5) is 34.4. The summed E-state index contributed by atoms with van der Waals surface area (Å²) in [5.74, 6) is -2.21. The van der Waals surface area contributed by atoms with Crippen LogP contribution in [0, 0.1) is 5.41 Å². The predicted octanol–water partition coefficient (Wildman–Crippen LogP) is 4.36. The Morgan fingerprint density at radius 1 is 1.29 bits per heavy atom. The molecule has 1 N–H and O–H groups in total. The lowest BCUT2D eigenvalue weighted by molar-refractivity contribution is -0.176. The van der Waals surface area contributed by atoms with Crippen LogP contribution in [0.5, 0.6) is 11.5 Å². The number of halogens is 2. The summed E-state index contributed by atoms with van der Waals surface area (Å²) in [5, 5.41) is 7.88. The number of ether oxygens (including phenoxy) is 1. The molecule has 3 amide bonds. The summed E-state index contributed by atoms with van der Waals surface area (Å²) in [6.07, 6.45) is 4.07. The molecule has 3 heterocycles. The Hall–Kier alpha value is -3.89. The van der Waals surface area contributed by atoms with Gasteiger partial charge >= 0.3 is 6.03 Å². The number of rotatable bonds is 6. The highest BCUT2D eigenvalue weighted by atomic mass is 19.3. The highest BCUT2D eigenvalue weighted by molar-refractivity contribution is 6.04. The van der Waals surface area contributed by atoms with Crippen molar-refractivity contribution in [2.45, 2.75) is 32.1 Å². The number of alkyl halides is 2. The summed E-state index contributed by atoms with van der Waals surface area (Å²) in [6, 6.07) is 5.91. The van der Waals surface area contributed by atoms with Crippen LogP contribution < -0.4 is 10.1 Å². The van der Waals surface area contributed by atoms with E-state index in [0.717, 1.165) is 10.5 Å². The van der Waals surface area contributed by atoms with Crippen LogP contribution in [-0.4, -0.2) is 58.0 Å². The third kappa shape index (κ3) is 4.73. The van der Waals surface area contributed by atoms with Gasteiger partial charge in [0.05, 0.1) is 17.3 Å². The fourth-order valence-electron chi connectivity index (χ4n) is 4.19. The smallest absolute Gasteiger partial charge is 0.329 e. The van der Waals surface area contributed by atoms with Crippen molar-refractivity contribution in [1.29, 1.82) is 0 Å². The van der Waals surface area contributed by atoms with Crippen LogP contribution in [0.15, 0.2) is 48.0 Å². The first-order chi connectivity index (χ1) is 16.1. The lowest BCUT2D eigenvalue weighted by Gasteiger charge is -2.42. The Kier molecular flexibility index (Phi) is 6.03. The Labute approximate surface area is 195 Å². The number of imide groups is 1. The summed E-state index contributed by atoms with van der Waals surface area (Å²) < 4.78 is 32.4. The number of aromatic nitrogens is 2. The van der Waals surface area contributed by atoms with E-state index in [1.807, 2.05) is 6.92 Å². The number of urea groups is 1. The third-order valence-electron chi connectivity index (χ3n) is 5.90. The molecule has 178 valence electrons. The molecule has 0 unspecified atom stereocenters. The van der Waals surface area contributed by atoms with Crippen molar-refractivity contribution in [2.75, 3.05) is 18.9 Å². The highest BCUT2D eigenvalue weighted by Crippen LogP contribution is 2.57. The second-order valence-corrected chi connectivity index (χ2v) is 8.51. The van der Waals surface area contributed by atoms with Gasteiger partial charge < -0.3 is 4.74 Å². The van der Waals surface area contributed by atoms with Gasteiger partial charge in [0.25, 0.3) is 0 Å². The fourth-order valence-corrected chi connectivity index (χ4v) is 4.19. The molecule has 34 heavy (non-hydrogen) atoms. The van der Waals surface area contributed by atoms with E-state index in [-0.39, 0.29) is 18.8 Å². The van der Waals surface area contributed by atoms with Crippen LogP contribution in [0.4, 0.5) is 19.4 Å². The molecular formula is C23H24F2N6O3. The number of allylic oxidation sites excluding steroid dienone is 1. The van der Waals surface area contributed by atoms with Crippen molar-refractivity contribution in [1.82, 2.24) is 19.9 Å². The van der Waals surface area contributed by atoms with Crippen molar-refractivity contribution in [3.05, 3.63) is 48.6 Å². The largest absolute Gasteiger partial charge is 0.456 e. The topological polar surface area (TPSA) is 100 Å². The molecule has 4 rings (SSSR count). The Bertz CT molecular complexity index is 1140. The van der Waals surface area contributed by atoms with Gasteiger partial charge in [0.15, 0.2) is 0 Å². The van der Waals surface area contributed by atoms with Gasteiger partial charge in [0.1, 0.15) is 17.3 Å². The number of hydrogen-bond acceptors (Lipinski definition) is 7. The van der Waals surface area contributed by atoms with Gasteiger partial charge in [-0.05, 0) is 37.1 Å². The lowest BCUT2D eigenvalue weighted by atomic mass is 9.65. The molecule has 1 saturated heterocycles. The number of carbonyl (C=O) groups is 2. The zero-order valence-corrected chi connectivity index (χ0v) is 18.8. The van der Waals surface area contributed by atoms with E-state index in [1.54, 1.807) is 42.7 Å². The van der Waals surface area contributed by atoms with Crippen LogP contribution in [0.1, 0.15) is 31.9 Å². The number of nitrogens with zero attached hydrogens (tertiary/aromatic N) is 5. The Morgan fingerprint density at radius 2 is 2.06 bits per heavy atom. The summed E-state index contributed by atoms with van der Waals surface area (Å²) in [5.41, 5.74) is 0.447. The molecule has 2 fully saturated rings. The van der Waals surface area contributed by atoms with Crippen LogP contribution >= 0.6 is 0 Å². The Morgan fingerprint density at radius 3 is 2.71 bits per heavy atom. The van der Waals surface area contributed by atoms with Crippen molar-refractivity contribution in [3.8, 4) is 11.5 Å². The van der Waals surface area contributed by atoms with E-state index in [4.69, 9.17) is 4.74 Å². The number of nitrogens with one attached hydrogen (secondary N) is 1. The van der Waals surface area contributed by atoms with E-state index >= 15 is 0 Å². The summed E-state index contributed by atoms with van der Waals surface area (Å²) >= 11 is 0. The molecule has 0 bridgehead atoms. The average Bonchev–Trinajstić information content (AvgIpc) is 3.10. The minimum absolute atomic E-state index is 0.110. The molecule has 2 aromatic rings. The first-order valence-corrected chi connectivity index (χ1v) is 10.6. The number of likely N-dealkylation sites (tertiary alicyclic amines) is 1. The van der Waals surface area contributed by atoms with Gasteiger partial charge in [-0.15, -0.1) is 0 Å². The number of anilines is 1. The van der Waals surface area contributed by atoms with Crippen molar-refractivity contribution in [2.24, 2.45) is 10.5 Å². The van der Waals surface area contributed by atoms with E-state index < -0.39 is 36.1 Å². The maximum absolute atomic E-state index is 13.3. The molecule has 9 nitrogen and oxygen atoms in total. The molecule has 1 saturated carbocycles. The van der Waals surface area contributed by atoms with Gasteiger partial charge in [-0.1, -0.05) is 0 Å². The number of hydrogen-bond donors (Lipinski definition) is 1. The number of carbonyl (C=O) groups excluding carboxylic acids is 2. The molecule has 2 aliphatic rings. The molecular weight excluding hydrogens is 446 g/mol. The zero-order chi connectivity index (χ0) is 24.5.